The Balaban J connectivity index is 2.74. The summed E-state index contributed by atoms with van der Waals surface area (Å²) in [6, 6.07) is 7.05. The van der Waals surface area contributed by atoms with Gasteiger partial charge in [0, 0.05) is 20.2 Å². The fourth-order valence-electron chi connectivity index (χ4n) is 2.13. The van der Waals surface area contributed by atoms with Gasteiger partial charge in [-0.05, 0) is 29.8 Å². The molecule has 6 heteroatoms. The van der Waals surface area contributed by atoms with E-state index >= 15 is 0 Å². The average molecular weight is 275 g/mol. The van der Waals surface area contributed by atoms with E-state index in [1.165, 1.54) is 18.2 Å². The van der Waals surface area contributed by atoms with Gasteiger partial charge in [0.1, 0.15) is 17.2 Å². The number of nitrogens with zero attached hydrogens (tertiary/aromatic N) is 1. The molecule has 0 saturated carbocycles. The molecule has 3 N–H and O–H groups in total. The van der Waals surface area contributed by atoms with Crippen LogP contribution in [0.25, 0.3) is 11.3 Å². The summed E-state index contributed by atoms with van der Waals surface area (Å²) in [4.78, 5) is 23.4. The number of amides is 1. The second-order valence-corrected chi connectivity index (χ2v) is 4.30. The number of anilines is 1. The van der Waals surface area contributed by atoms with E-state index in [2.05, 4.69) is 5.32 Å². The van der Waals surface area contributed by atoms with Gasteiger partial charge in [-0.15, -0.1) is 0 Å². The Morgan fingerprint density at radius 1 is 1.30 bits per heavy atom. The van der Waals surface area contributed by atoms with Crippen LogP contribution >= 0.6 is 0 Å². The highest BCUT2D eigenvalue weighted by Gasteiger charge is 2.17. The number of pyridine rings is 1. The van der Waals surface area contributed by atoms with Crippen LogP contribution in [0.2, 0.25) is 0 Å². The van der Waals surface area contributed by atoms with E-state index < -0.39 is 11.3 Å². The smallest absolute Gasteiger partial charge is 0.256 e. The van der Waals surface area contributed by atoms with Crippen LogP contribution in [0.15, 0.2) is 35.1 Å². The first-order valence-electron chi connectivity index (χ1n) is 5.93. The zero-order valence-corrected chi connectivity index (χ0v) is 11.1. The first kappa shape index (κ1) is 13.8. The lowest BCUT2D eigenvalue weighted by Crippen LogP contribution is -2.26. The lowest BCUT2D eigenvalue weighted by molar-refractivity contribution is 0.0999. The van der Waals surface area contributed by atoms with E-state index in [0.29, 0.717) is 17.1 Å². The number of carbonyl (C=O) groups excluding carboxylic acids is 1. The van der Waals surface area contributed by atoms with Gasteiger partial charge in [0.15, 0.2) is 5.43 Å². The largest absolute Gasteiger partial charge is 0.374 e. The molecule has 0 atom stereocenters. The Kier molecular flexibility index (Phi) is 3.56. The first-order valence-corrected chi connectivity index (χ1v) is 5.93. The van der Waals surface area contributed by atoms with Crippen LogP contribution in [0.1, 0.15) is 10.4 Å². The molecule has 1 aromatic heterocycles. The van der Waals surface area contributed by atoms with Crippen LogP contribution in [-0.4, -0.2) is 17.5 Å². The number of nitrogens with one attached hydrogen (secondary N) is 1. The zero-order valence-electron chi connectivity index (χ0n) is 11.1. The number of hydrogen-bond donors (Lipinski definition) is 2. The number of halogens is 1. The minimum absolute atomic E-state index is 0.0964. The Morgan fingerprint density at radius 2 is 1.90 bits per heavy atom. The Morgan fingerprint density at radius 3 is 2.40 bits per heavy atom. The van der Waals surface area contributed by atoms with E-state index in [0.717, 1.165) is 0 Å². The predicted octanol–water partition coefficient (Wildman–Crippen LogP) is 1.33. The topological polar surface area (TPSA) is 77.1 Å². The number of carbonyl (C=O) groups is 1. The number of benzene rings is 1. The maximum Gasteiger partial charge on any atom is 0.256 e. The third kappa shape index (κ3) is 2.27. The zero-order chi connectivity index (χ0) is 14.9. The fraction of sp³-hybridized carbons (Fsp3) is 0.143. The van der Waals surface area contributed by atoms with Gasteiger partial charge in [0.05, 0.1) is 5.69 Å². The molecule has 0 bridgehead atoms. The second kappa shape index (κ2) is 5.16. The molecule has 0 saturated heterocycles. The highest BCUT2D eigenvalue weighted by Crippen LogP contribution is 2.22. The molecule has 1 heterocycles. The van der Waals surface area contributed by atoms with E-state index in [4.69, 9.17) is 5.73 Å². The van der Waals surface area contributed by atoms with Crippen LogP contribution < -0.4 is 16.5 Å². The normalized spacial score (nSPS) is 10.3. The third-order valence-corrected chi connectivity index (χ3v) is 3.07. The SMILES string of the molecule is CNc1c(C(N)=O)c(=O)cc(-c2ccc(F)cc2)n1C. The summed E-state index contributed by atoms with van der Waals surface area (Å²) in [5.74, 6) is -0.828. The molecule has 0 aliphatic carbocycles. The molecule has 0 aliphatic heterocycles. The average Bonchev–Trinajstić information content (AvgIpc) is 2.41. The number of rotatable bonds is 3. The lowest BCUT2D eigenvalue weighted by atomic mass is 10.1. The van der Waals surface area contributed by atoms with Crippen LogP contribution in [0, 0.1) is 5.82 Å². The molecule has 1 aromatic carbocycles. The summed E-state index contributed by atoms with van der Waals surface area (Å²) in [5, 5.41) is 2.80. The maximum atomic E-state index is 13.0. The van der Waals surface area contributed by atoms with E-state index in [1.54, 1.807) is 30.8 Å². The summed E-state index contributed by atoms with van der Waals surface area (Å²) in [5.41, 5.74) is 5.88. The number of nitrogens with two attached hydrogens (primary N) is 1. The van der Waals surface area contributed by atoms with E-state index in [1.807, 2.05) is 0 Å². The van der Waals surface area contributed by atoms with Gasteiger partial charge in [0.2, 0.25) is 0 Å². The highest BCUT2D eigenvalue weighted by atomic mass is 19.1. The van der Waals surface area contributed by atoms with Crippen molar-refractivity contribution in [2.24, 2.45) is 12.8 Å². The molecule has 1 amide bonds. The molecule has 20 heavy (non-hydrogen) atoms. The molecule has 104 valence electrons. The highest BCUT2D eigenvalue weighted by molar-refractivity contribution is 5.98. The number of aromatic nitrogens is 1. The van der Waals surface area contributed by atoms with Crippen molar-refractivity contribution in [2.45, 2.75) is 0 Å². The van der Waals surface area contributed by atoms with Crippen LogP contribution in [0.3, 0.4) is 0 Å². The number of primary amides is 1. The van der Waals surface area contributed by atoms with Crippen molar-refractivity contribution in [1.29, 1.82) is 0 Å². The third-order valence-electron chi connectivity index (χ3n) is 3.07. The van der Waals surface area contributed by atoms with Gasteiger partial charge in [-0.1, -0.05) is 0 Å². The number of hydrogen-bond acceptors (Lipinski definition) is 3. The van der Waals surface area contributed by atoms with Gasteiger partial charge in [-0.3, -0.25) is 9.59 Å². The molecule has 0 unspecified atom stereocenters. The standard InChI is InChI=1S/C14H14FN3O2/c1-17-14-12(13(16)20)11(19)7-10(18(14)2)8-3-5-9(15)6-4-8/h3-7,17H,1-2H3,(H2,16,20). The fourth-order valence-corrected chi connectivity index (χ4v) is 2.13. The van der Waals surface area contributed by atoms with Crippen molar-refractivity contribution in [1.82, 2.24) is 4.57 Å². The molecule has 0 fully saturated rings. The van der Waals surface area contributed by atoms with E-state index in [9.17, 15) is 14.0 Å². The Hall–Kier alpha value is -2.63. The lowest BCUT2D eigenvalue weighted by Gasteiger charge is -2.16. The minimum Gasteiger partial charge on any atom is -0.374 e. The van der Waals surface area contributed by atoms with Gasteiger partial charge in [-0.2, -0.15) is 0 Å². The second-order valence-electron chi connectivity index (χ2n) is 4.30. The van der Waals surface area contributed by atoms with Gasteiger partial charge in [0.25, 0.3) is 5.91 Å². The van der Waals surface area contributed by atoms with Crippen molar-refractivity contribution < 1.29 is 9.18 Å². The Labute approximate surface area is 114 Å². The summed E-state index contributed by atoms with van der Waals surface area (Å²) >= 11 is 0. The molecule has 0 spiro atoms. The van der Waals surface area contributed by atoms with Gasteiger partial charge < -0.3 is 15.6 Å². The molecule has 0 radical (unpaired) electrons. The molecule has 2 aromatic rings. The summed E-state index contributed by atoms with van der Waals surface area (Å²) in [6.45, 7) is 0. The maximum absolute atomic E-state index is 13.0. The monoisotopic (exact) mass is 275 g/mol. The van der Waals surface area contributed by atoms with E-state index in [-0.39, 0.29) is 11.4 Å². The van der Waals surface area contributed by atoms with Crippen molar-refractivity contribution in [3.63, 3.8) is 0 Å². The first-order chi connectivity index (χ1) is 9.45. The van der Waals surface area contributed by atoms with Crippen molar-refractivity contribution in [3.05, 3.63) is 51.9 Å². The van der Waals surface area contributed by atoms with Gasteiger partial charge in [-0.25, -0.2) is 4.39 Å². The van der Waals surface area contributed by atoms with Crippen molar-refractivity contribution >= 4 is 11.7 Å². The summed E-state index contributed by atoms with van der Waals surface area (Å²) < 4.78 is 14.6. The van der Waals surface area contributed by atoms with Gasteiger partial charge >= 0.3 is 0 Å². The van der Waals surface area contributed by atoms with Crippen LogP contribution in [-0.2, 0) is 7.05 Å². The molecule has 2 rings (SSSR count). The van der Waals surface area contributed by atoms with Crippen LogP contribution in [0.4, 0.5) is 10.2 Å². The predicted molar refractivity (Wildman–Crippen MR) is 75.1 cm³/mol. The van der Waals surface area contributed by atoms with Crippen LogP contribution in [0.5, 0.6) is 0 Å². The Bertz CT molecular complexity index is 720. The minimum atomic E-state index is -0.791. The molecule has 5 nitrogen and oxygen atoms in total. The molecule has 0 aliphatic rings. The summed E-state index contributed by atoms with van der Waals surface area (Å²) in [7, 11) is 3.28. The van der Waals surface area contributed by atoms with Crippen molar-refractivity contribution in [3.8, 4) is 11.3 Å². The summed E-state index contributed by atoms with van der Waals surface area (Å²) in [6.07, 6.45) is 0. The van der Waals surface area contributed by atoms with Crippen molar-refractivity contribution in [2.75, 3.05) is 12.4 Å². The quantitative estimate of drug-likeness (QED) is 0.887. The molecular formula is C14H14FN3O2. The molecular weight excluding hydrogens is 261 g/mol.